The Hall–Kier alpha value is -2.65. The lowest BCUT2D eigenvalue weighted by Crippen LogP contribution is -2.82. The smallest absolute Gasteiger partial charge is 0.340 e. The summed E-state index contributed by atoms with van der Waals surface area (Å²) in [5.41, 5.74) is -4.06. The molecule has 1 saturated heterocycles. The number of amides is 1. The average Bonchev–Trinajstić information content (AvgIpc) is 3.54. The van der Waals surface area contributed by atoms with Gasteiger partial charge in [0, 0.05) is 76.4 Å². The minimum atomic E-state index is -1.69. The number of aliphatic hydroxyl groups is 2. The van der Waals surface area contributed by atoms with Gasteiger partial charge in [0.25, 0.3) is 0 Å². The van der Waals surface area contributed by atoms with Crippen molar-refractivity contribution >= 4 is 23.5 Å². The first-order chi connectivity index (χ1) is 24.0. The van der Waals surface area contributed by atoms with E-state index in [9.17, 15) is 24.6 Å². The van der Waals surface area contributed by atoms with Crippen molar-refractivity contribution in [3.8, 4) is 0 Å². The topological polar surface area (TPSA) is 162 Å². The van der Waals surface area contributed by atoms with Crippen molar-refractivity contribution in [1.82, 2.24) is 4.90 Å². The van der Waals surface area contributed by atoms with E-state index in [0.29, 0.717) is 25.9 Å². The number of hydrogen-bond donors (Lipinski definition) is 3. The highest BCUT2D eigenvalue weighted by Gasteiger charge is 2.91. The summed E-state index contributed by atoms with van der Waals surface area (Å²) >= 11 is 0. The van der Waals surface area contributed by atoms with Crippen LogP contribution in [0.5, 0.6) is 0 Å². The number of carbonyl (C=O) groups is 3. The molecule has 13 heteroatoms. The number of esters is 2. The van der Waals surface area contributed by atoms with Crippen LogP contribution in [0, 0.1) is 34.5 Å². The lowest BCUT2D eigenvalue weighted by Gasteiger charge is -2.70. The molecule has 1 amide bonds. The van der Waals surface area contributed by atoms with Crippen molar-refractivity contribution in [3.05, 3.63) is 29.8 Å². The fourth-order valence-electron chi connectivity index (χ4n) is 12.6. The maximum Gasteiger partial charge on any atom is 0.340 e. The molecule has 50 heavy (non-hydrogen) atoms. The van der Waals surface area contributed by atoms with E-state index < -0.39 is 52.0 Å². The normalized spacial score (nSPS) is 43.7. The van der Waals surface area contributed by atoms with Crippen LogP contribution in [-0.4, -0.2) is 130 Å². The quantitative estimate of drug-likeness (QED) is 0.273. The Kier molecular flexibility index (Phi) is 9.14. The van der Waals surface area contributed by atoms with Gasteiger partial charge in [-0.3, -0.25) is 14.5 Å². The Bertz CT molecular complexity index is 1510. The average molecular weight is 701 g/mol. The van der Waals surface area contributed by atoms with Gasteiger partial charge in [0.05, 0.1) is 61.8 Å². The largest absolute Gasteiger partial charge is 0.469 e. The lowest BCUT2D eigenvalue weighted by atomic mass is 9.42. The zero-order chi connectivity index (χ0) is 35.8. The Morgan fingerprint density at radius 2 is 1.76 bits per heavy atom. The number of rotatable bonds is 12. The second-order valence-electron chi connectivity index (χ2n) is 15.4. The van der Waals surface area contributed by atoms with E-state index in [4.69, 9.17) is 23.7 Å². The van der Waals surface area contributed by atoms with Crippen LogP contribution in [0.2, 0.25) is 0 Å². The first-order valence-corrected chi connectivity index (χ1v) is 17.9. The first kappa shape index (κ1) is 35.7. The second-order valence-corrected chi connectivity index (χ2v) is 15.4. The van der Waals surface area contributed by atoms with Gasteiger partial charge in [0.15, 0.2) is 0 Å². The Morgan fingerprint density at radius 1 is 1.00 bits per heavy atom. The maximum atomic E-state index is 13.9. The molecule has 1 aromatic carbocycles. The van der Waals surface area contributed by atoms with E-state index in [0.717, 1.165) is 6.42 Å². The van der Waals surface area contributed by atoms with Gasteiger partial charge in [-0.05, 0) is 43.9 Å². The number of carbonyl (C=O) groups excluding carboxylic acids is 3. The van der Waals surface area contributed by atoms with Gasteiger partial charge in [-0.2, -0.15) is 0 Å². The number of benzene rings is 1. The van der Waals surface area contributed by atoms with Gasteiger partial charge in [0.2, 0.25) is 5.91 Å². The van der Waals surface area contributed by atoms with Crippen molar-refractivity contribution in [3.63, 3.8) is 0 Å². The number of nitrogens with one attached hydrogen (secondary N) is 1. The number of ether oxygens (including phenoxy) is 6. The molecule has 0 unspecified atom stereocenters. The lowest BCUT2D eigenvalue weighted by molar-refractivity contribution is -0.320. The van der Waals surface area contributed by atoms with Crippen molar-refractivity contribution in [1.29, 1.82) is 0 Å². The molecule has 1 aliphatic heterocycles. The fraction of sp³-hybridized carbons (Fsp3) is 0.757. The molecular weight excluding hydrogens is 648 g/mol. The van der Waals surface area contributed by atoms with Gasteiger partial charge in [0.1, 0.15) is 11.2 Å². The number of para-hydroxylation sites is 1. The van der Waals surface area contributed by atoms with Crippen molar-refractivity contribution in [2.24, 2.45) is 34.5 Å². The van der Waals surface area contributed by atoms with Gasteiger partial charge >= 0.3 is 11.9 Å². The molecule has 3 N–H and O–H groups in total. The summed E-state index contributed by atoms with van der Waals surface area (Å²) in [6.45, 7) is 3.25. The van der Waals surface area contributed by atoms with E-state index in [1.165, 1.54) is 7.11 Å². The molecule has 5 saturated carbocycles. The molecule has 1 heterocycles. The summed E-state index contributed by atoms with van der Waals surface area (Å²) in [5.74, 6) is -2.23. The van der Waals surface area contributed by atoms with Crippen LogP contribution in [0.15, 0.2) is 24.3 Å². The molecule has 1 spiro atoms. The highest BCUT2D eigenvalue weighted by atomic mass is 16.5. The van der Waals surface area contributed by atoms with Crippen molar-refractivity contribution < 1.29 is 53.0 Å². The molecule has 13 atom stereocenters. The highest BCUT2D eigenvalue weighted by molar-refractivity contribution is 6.01. The third-order valence-corrected chi connectivity index (χ3v) is 14.0. The second kappa shape index (κ2) is 12.8. The van der Waals surface area contributed by atoms with Crippen LogP contribution < -0.4 is 5.32 Å². The van der Waals surface area contributed by atoms with Gasteiger partial charge < -0.3 is 44.0 Å². The first-order valence-electron chi connectivity index (χ1n) is 17.9. The third kappa shape index (κ3) is 4.53. The SMILES string of the molecule is CCN1C[C@]2(COC(=O)c3ccccc3NC(=O)CCC(=O)OC)CC[C@H](OC)[C@@]34[C@@H]5C[C@H]6[C@H](OC)[C@@H]5[C@](O)(C[C@@H]6OC)[C@](O)([C@@H](OC)[C@H]23)[C@@H]14. The molecule has 6 fully saturated rings. The van der Waals surface area contributed by atoms with Crippen LogP contribution in [-0.2, 0) is 38.0 Å². The van der Waals surface area contributed by atoms with Crippen LogP contribution >= 0.6 is 0 Å². The Labute approximate surface area is 293 Å². The summed E-state index contributed by atoms with van der Waals surface area (Å²) in [5, 5.41) is 29.3. The van der Waals surface area contributed by atoms with Gasteiger partial charge in [-0.1, -0.05) is 19.1 Å². The predicted molar refractivity (Wildman–Crippen MR) is 178 cm³/mol. The summed E-state index contributed by atoms with van der Waals surface area (Å²) < 4.78 is 35.9. The zero-order valence-electron chi connectivity index (χ0n) is 29.9. The maximum absolute atomic E-state index is 13.9. The monoisotopic (exact) mass is 700 g/mol. The summed E-state index contributed by atoms with van der Waals surface area (Å²) in [6, 6.07) is 6.17. The molecule has 5 aliphatic carbocycles. The van der Waals surface area contributed by atoms with Crippen LogP contribution in [0.4, 0.5) is 5.69 Å². The summed E-state index contributed by atoms with van der Waals surface area (Å²) in [4.78, 5) is 40.5. The number of piperidine rings is 1. The number of likely N-dealkylation sites (tertiary alicyclic amines) is 1. The number of likely N-dealkylation sites (N-methyl/N-ethyl adjacent to an activating group) is 1. The number of nitrogens with zero attached hydrogens (tertiary/aromatic N) is 1. The molecule has 7 rings (SSSR count). The predicted octanol–water partition coefficient (Wildman–Crippen LogP) is 2.03. The molecule has 1 aromatic rings. The zero-order valence-corrected chi connectivity index (χ0v) is 29.9. The van der Waals surface area contributed by atoms with Crippen molar-refractivity contribution in [2.75, 3.05) is 60.6 Å². The Morgan fingerprint density at radius 3 is 2.42 bits per heavy atom. The number of methoxy groups -OCH3 is 5. The Balaban J connectivity index is 1.27. The number of anilines is 1. The van der Waals surface area contributed by atoms with E-state index in [1.54, 1.807) is 52.7 Å². The summed E-state index contributed by atoms with van der Waals surface area (Å²) in [6.07, 6.45) is 0.548. The number of fused-ring (bicyclic) bond motifs is 2. The van der Waals surface area contributed by atoms with Gasteiger partial charge in [-0.25, -0.2) is 4.79 Å². The molecule has 13 nitrogen and oxygen atoms in total. The fourth-order valence-corrected chi connectivity index (χ4v) is 12.6. The minimum Gasteiger partial charge on any atom is -0.469 e. The minimum absolute atomic E-state index is 0.0420. The number of hydrogen-bond acceptors (Lipinski definition) is 12. The van der Waals surface area contributed by atoms with Crippen molar-refractivity contribution in [2.45, 2.75) is 87.1 Å². The van der Waals surface area contributed by atoms with E-state index in [1.807, 2.05) is 0 Å². The van der Waals surface area contributed by atoms with Gasteiger partial charge in [-0.15, -0.1) is 0 Å². The summed E-state index contributed by atoms with van der Waals surface area (Å²) in [7, 11) is 7.95. The van der Waals surface area contributed by atoms with E-state index in [-0.39, 0.29) is 79.1 Å². The van der Waals surface area contributed by atoms with Crippen LogP contribution in [0.25, 0.3) is 0 Å². The third-order valence-electron chi connectivity index (χ3n) is 14.0. The standard InChI is InChI=1S/C37H52N2O11/c1-7-39-18-34(19-50-32(42)20-10-8-9-11-23(20)38-26(40)12-13-27(41)47-4)15-14-25(46-3)36-22-16-21-24(45-2)17-35(43,28(22)29(21)48-5)37(44,33(36)39)31(49-6)30(34)36/h8-11,21-22,24-25,28-31,33,43-44H,7,12-19H2,1-6H3,(H,38,40)/t21-,22-,24+,25+,28-,29+,30-,31+,33+,34+,35-,36+,37+/m1/s1. The van der Waals surface area contributed by atoms with Crippen LogP contribution in [0.3, 0.4) is 0 Å². The molecule has 0 radical (unpaired) electrons. The van der Waals surface area contributed by atoms with E-state index >= 15 is 0 Å². The molecular formula is C37H52N2O11. The molecule has 276 valence electrons. The van der Waals surface area contributed by atoms with Crippen LogP contribution in [0.1, 0.15) is 55.8 Å². The molecule has 7 bridgehead atoms. The molecule has 6 aliphatic rings. The highest BCUT2D eigenvalue weighted by Crippen LogP contribution is 2.80. The molecule has 0 aromatic heterocycles. The van der Waals surface area contributed by atoms with E-state index in [2.05, 4.69) is 21.9 Å².